The van der Waals surface area contributed by atoms with Crippen LogP contribution in [-0.4, -0.2) is 28.2 Å². The van der Waals surface area contributed by atoms with E-state index in [0.29, 0.717) is 11.4 Å². The van der Waals surface area contributed by atoms with Crippen LogP contribution in [0.25, 0.3) is 0 Å². The van der Waals surface area contributed by atoms with Crippen molar-refractivity contribution in [3.05, 3.63) is 46.2 Å². The molecule has 1 aromatic heterocycles. The number of amides is 2. The summed E-state index contributed by atoms with van der Waals surface area (Å²) >= 11 is 3.32. The van der Waals surface area contributed by atoms with E-state index in [1.165, 1.54) is 4.68 Å². The molecule has 134 valence electrons. The van der Waals surface area contributed by atoms with Crippen LogP contribution in [0.15, 0.2) is 34.8 Å². The van der Waals surface area contributed by atoms with Gasteiger partial charge in [-0.25, -0.2) is 0 Å². The van der Waals surface area contributed by atoms with Crippen LogP contribution in [-0.2, 0) is 17.3 Å². The number of rotatable bonds is 4. The molecular weight excluding hydrogens is 388 g/mol. The molecule has 0 atom stereocenters. The number of carbonyl (C=O) groups is 2. The predicted molar refractivity (Wildman–Crippen MR) is 97.2 cm³/mol. The first-order chi connectivity index (χ1) is 11.7. The number of carbonyl (C=O) groups excluding carboxylic acids is 2. The molecule has 7 nitrogen and oxygen atoms in total. The zero-order chi connectivity index (χ0) is 18.6. The molecule has 25 heavy (non-hydrogen) atoms. The molecule has 0 aliphatic carbocycles. The molecule has 0 unspecified atom stereocenters. The van der Waals surface area contributed by atoms with E-state index in [0.717, 1.165) is 10.2 Å². The van der Waals surface area contributed by atoms with Gasteiger partial charge in [-0.3, -0.25) is 25.1 Å². The van der Waals surface area contributed by atoms with Gasteiger partial charge in [-0.2, -0.15) is 5.10 Å². The number of aryl methyl sites for hydroxylation is 1. The predicted octanol–water partition coefficient (Wildman–Crippen LogP) is 2.32. The Balaban J connectivity index is 1.86. The van der Waals surface area contributed by atoms with Crippen LogP contribution in [0, 0.1) is 0 Å². The number of halogens is 1. The lowest BCUT2D eigenvalue weighted by Gasteiger charge is -2.13. The van der Waals surface area contributed by atoms with Gasteiger partial charge in [0.25, 0.3) is 11.8 Å². The van der Waals surface area contributed by atoms with Crippen molar-refractivity contribution in [2.75, 3.05) is 6.61 Å². The molecule has 2 amide bonds. The summed E-state index contributed by atoms with van der Waals surface area (Å²) in [5, 5.41) is 4.33. The van der Waals surface area contributed by atoms with E-state index in [4.69, 9.17) is 4.74 Å². The molecule has 2 rings (SSSR count). The van der Waals surface area contributed by atoms with E-state index >= 15 is 0 Å². The Hall–Kier alpha value is -2.35. The maximum Gasteiger partial charge on any atom is 0.287 e. The van der Waals surface area contributed by atoms with Gasteiger partial charge in [-0.05, 0) is 30.3 Å². The van der Waals surface area contributed by atoms with Gasteiger partial charge in [-0.1, -0.05) is 36.7 Å². The minimum atomic E-state index is -0.463. The Morgan fingerprint density at radius 3 is 2.40 bits per heavy atom. The highest BCUT2D eigenvalue weighted by Gasteiger charge is 2.21. The Bertz CT molecular complexity index is 763. The second-order valence-corrected chi connectivity index (χ2v) is 7.45. The Kier molecular flexibility index (Phi) is 5.84. The van der Waals surface area contributed by atoms with Crippen LogP contribution in [0.3, 0.4) is 0 Å². The molecule has 0 radical (unpaired) electrons. The van der Waals surface area contributed by atoms with Crippen molar-refractivity contribution in [1.29, 1.82) is 0 Å². The number of ether oxygens (including phenoxy) is 1. The summed E-state index contributed by atoms with van der Waals surface area (Å²) in [6, 6.07) is 8.80. The molecule has 1 aromatic carbocycles. The van der Waals surface area contributed by atoms with Crippen molar-refractivity contribution < 1.29 is 14.3 Å². The van der Waals surface area contributed by atoms with Crippen molar-refractivity contribution in [3.8, 4) is 5.75 Å². The van der Waals surface area contributed by atoms with E-state index in [-0.39, 0.29) is 12.0 Å². The lowest BCUT2D eigenvalue weighted by Crippen LogP contribution is -2.44. The third-order valence-corrected chi connectivity index (χ3v) is 3.91. The van der Waals surface area contributed by atoms with E-state index in [1.54, 1.807) is 25.2 Å². The summed E-state index contributed by atoms with van der Waals surface area (Å²) in [5.74, 6) is -0.344. The minimum absolute atomic E-state index is 0.169. The first-order valence-corrected chi connectivity index (χ1v) is 8.48. The summed E-state index contributed by atoms with van der Waals surface area (Å²) < 4.78 is 7.74. The highest BCUT2D eigenvalue weighted by molar-refractivity contribution is 9.10. The molecule has 0 bridgehead atoms. The molecule has 0 spiro atoms. The van der Waals surface area contributed by atoms with Crippen molar-refractivity contribution in [2.45, 2.75) is 26.2 Å². The fraction of sp³-hybridized carbons (Fsp3) is 0.353. The summed E-state index contributed by atoms with van der Waals surface area (Å²) in [5.41, 5.74) is 5.67. The van der Waals surface area contributed by atoms with Crippen molar-refractivity contribution >= 4 is 27.7 Å². The van der Waals surface area contributed by atoms with Gasteiger partial charge < -0.3 is 4.74 Å². The monoisotopic (exact) mass is 408 g/mol. The van der Waals surface area contributed by atoms with E-state index in [2.05, 4.69) is 31.9 Å². The standard InChI is InChI=1S/C17H21BrN4O3/c1-17(2,3)14-9-13(22(4)21-14)16(24)20-19-15(23)10-25-12-7-5-11(18)6-8-12/h5-9H,10H2,1-4H3,(H,19,23)(H,20,24). The third-order valence-electron chi connectivity index (χ3n) is 3.38. The van der Waals surface area contributed by atoms with E-state index in [1.807, 2.05) is 32.9 Å². The van der Waals surface area contributed by atoms with Crippen LogP contribution in [0.1, 0.15) is 37.0 Å². The number of hydrazine groups is 1. The van der Waals surface area contributed by atoms with Crippen LogP contribution < -0.4 is 15.6 Å². The molecule has 0 saturated heterocycles. The van der Waals surface area contributed by atoms with Crippen LogP contribution >= 0.6 is 15.9 Å². The highest BCUT2D eigenvalue weighted by Crippen LogP contribution is 2.21. The van der Waals surface area contributed by atoms with Crippen LogP contribution in [0.5, 0.6) is 5.75 Å². The zero-order valence-corrected chi connectivity index (χ0v) is 16.2. The molecule has 0 aliphatic heterocycles. The quantitative estimate of drug-likeness (QED) is 0.760. The average Bonchev–Trinajstić information content (AvgIpc) is 2.94. The van der Waals surface area contributed by atoms with E-state index in [9.17, 15) is 9.59 Å². The number of benzene rings is 1. The Morgan fingerprint density at radius 1 is 1.20 bits per heavy atom. The van der Waals surface area contributed by atoms with Crippen molar-refractivity contribution in [1.82, 2.24) is 20.6 Å². The topological polar surface area (TPSA) is 85.3 Å². The Morgan fingerprint density at radius 2 is 1.84 bits per heavy atom. The second kappa shape index (κ2) is 7.69. The smallest absolute Gasteiger partial charge is 0.287 e. The van der Waals surface area contributed by atoms with Crippen molar-refractivity contribution in [3.63, 3.8) is 0 Å². The fourth-order valence-corrected chi connectivity index (χ4v) is 2.22. The van der Waals surface area contributed by atoms with Gasteiger partial charge in [0.05, 0.1) is 5.69 Å². The number of nitrogens with one attached hydrogen (secondary N) is 2. The molecule has 8 heteroatoms. The SMILES string of the molecule is Cn1nc(C(C)(C)C)cc1C(=O)NNC(=O)COc1ccc(Br)cc1. The van der Waals surface area contributed by atoms with Gasteiger partial charge in [0.15, 0.2) is 6.61 Å². The summed E-state index contributed by atoms with van der Waals surface area (Å²) in [7, 11) is 1.68. The zero-order valence-electron chi connectivity index (χ0n) is 14.6. The van der Waals surface area contributed by atoms with Crippen LogP contribution in [0.2, 0.25) is 0 Å². The number of hydrogen-bond donors (Lipinski definition) is 2. The van der Waals surface area contributed by atoms with Gasteiger partial charge in [0, 0.05) is 16.9 Å². The molecule has 2 aromatic rings. The number of aromatic nitrogens is 2. The van der Waals surface area contributed by atoms with E-state index < -0.39 is 11.8 Å². The van der Waals surface area contributed by atoms with Crippen LogP contribution in [0.4, 0.5) is 0 Å². The number of hydrogen-bond acceptors (Lipinski definition) is 4. The second-order valence-electron chi connectivity index (χ2n) is 6.53. The minimum Gasteiger partial charge on any atom is -0.484 e. The normalized spacial score (nSPS) is 11.1. The maximum atomic E-state index is 12.2. The van der Waals surface area contributed by atoms with Gasteiger partial charge >= 0.3 is 0 Å². The average molecular weight is 409 g/mol. The van der Waals surface area contributed by atoms with Gasteiger partial charge in [-0.15, -0.1) is 0 Å². The largest absolute Gasteiger partial charge is 0.484 e. The molecule has 0 saturated carbocycles. The maximum absolute atomic E-state index is 12.2. The summed E-state index contributed by atoms with van der Waals surface area (Å²) in [4.78, 5) is 24.0. The molecule has 0 fully saturated rings. The Labute approximate surface area is 154 Å². The molecular formula is C17H21BrN4O3. The highest BCUT2D eigenvalue weighted by atomic mass is 79.9. The molecule has 1 heterocycles. The fourth-order valence-electron chi connectivity index (χ4n) is 1.95. The number of nitrogens with zero attached hydrogens (tertiary/aromatic N) is 2. The molecule has 0 aliphatic rings. The van der Waals surface area contributed by atoms with Gasteiger partial charge in [0.2, 0.25) is 0 Å². The lowest BCUT2D eigenvalue weighted by molar-refractivity contribution is -0.123. The van der Waals surface area contributed by atoms with Crippen molar-refractivity contribution in [2.24, 2.45) is 7.05 Å². The lowest BCUT2D eigenvalue weighted by atomic mass is 9.92. The first kappa shape index (κ1) is 19.0. The third kappa shape index (κ3) is 5.32. The summed E-state index contributed by atoms with van der Waals surface area (Å²) in [6.45, 7) is 5.83. The summed E-state index contributed by atoms with van der Waals surface area (Å²) in [6.07, 6.45) is 0. The molecule has 2 N–H and O–H groups in total. The first-order valence-electron chi connectivity index (χ1n) is 7.69. The van der Waals surface area contributed by atoms with Gasteiger partial charge in [0.1, 0.15) is 11.4 Å².